The highest BCUT2D eigenvalue weighted by Crippen LogP contribution is 2.24. The van der Waals surface area contributed by atoms with Crippen molar-refractivity contribution in [3.05, 3.63) is 27.4 Å². The third kappa shape index (κ3) is 4.04. The van der Waals surface area contributed by atoms with Crippen LogP contribution in [0.15, 0.2) is 10.6 Å². The molecule has 2 amide bonds. The second-order valence-electron chi connectivity index (χ2n) is 5.88. The normalized spacial score (nSPS) is 11.5. The number of anilines is 1. The number of hydrogen-bond donors (Lipinski definition) is 2. The molecule has 0 bridgehead atoms. The summed E-state index contributed by atoms with van der Waals surface area (Å²) in [6, 6.07) is 1.41. The van der Waals surface area contributed by atoms with E-state index in [4.69, 9.17) is 4.52 Å². The van der Waals surface area contributed by atoms with E-state index in [1.165, 1.54) is 4.88 Å². The van der Waals surface area contributed by atoms with Crippen molar-refractivity contribution in [2.24, 2.45) is 0 Å². The minimum Gasteiger partial charge on any atom is -0.359 e. The molecule has 6 nitrogen and oxygen atoms in total. The van der Waals surface area contributed by atoms with E-state index in [1.54, 1.807) is 17.4 Å². The van der Waals surface area contributed by atoms with Crippen molar-refractivity contribution in [3.63, 3.8) is 0 Å². The number of hydrogen-bond acceptors (Lipinski definition) is 5. The minimum absolute atomic E-state index is 0.140. The number of aryl methyl sites for hydroxylation is 2. The number of thiazole rings is 1. The number of nitrogens with one attached hydrogen (secondary N) is 2. The average Bonchev–Trinajstić information content (AvgIpc) is 2.95. The Kier molecular flexibility index (Phi) is 4.32. The Bertz CT molecular complexity index is 620. The molecule has 0 fully saturated rings. The number of rotatable bonds is 3. The number of urea groups is 1. The maximum atomic E-state index is 11.8. The summed E-state index contributed by atoms with van der Waals surface area (Å²) in [5.41, 5.74) is 0.864. The SMILES string of the molecule is Cc1nc(CNC(=O)Nc2cc(C(C)(C)C)on2)sc1C. The predicted molar refractivity (Wildman–Crippen MR) is 82.6 cm³/mol. The van der Waals surface area contributed by atoms with Crippen LogP contribution in [-0.2, 0) is 12.0 Å². The molecule has 0 saturated carbocycles. The molecule has 0 aliphatic carbocycles. The number of nitrogens with zero attached hydrogens (tertiary/aromatic N) is 2. The maximum absolute atomic E-state index is 11.8. The Morgan fingerprint density at radius 2 is 2.10 bits per heavy atom. The zero-order valence-electron chi connectivity index (χ0n) is 12.9. The smallest absolute Gasteiger partial charge is 0.320 e. The molecule has 2 heterocycles. The van der Waals surface area contributed by atoms with E-state index in [9.17, 15) is 4.79 Å². The van der Waals surface area contributed by atoms with Gasteiger partial charge < -0.3 is 9.84 Å². The molecule has 2 rings (SSSR count). The molecule has 0 aromatic carbocycles. The van der Waals surface area contributed by atoms with Gasteiger partial charge in [-0.3, -0.25) is 5.32 Å². The molecule has 2 aromatic rings. The lowest BCUT2D eigenvalue weighted by atomic mass is 9.93. The van der Waals surface area contributed by atoms with Gasteiger partial charge in [0.2, 0.25) is 0 Å². The Labute approximate surface area is 127 Å². The largest absolute Gasteiger partial charge is 0.359 e. The van der Waals surface area contributed by atoms with Crippen molar-refractivity contribution in [3.8, 4) is 0 Å². The van der Waals surface area contributed by atoms with Gasteiger partial charge in [-0.25, -0.2) is 9.78 Å². The zero-order valence-corrected chi connectivity index (χ0v) is 13.7. The molecule has 114 valence electrons. The van der Waals surface area contributed by atoms with Crippen LogP contribution in [0.2, 0.25) is 0 Å². The van der Waals surface area contributed by atoms with Crippen LogP contribution in [0, 0.1) is 13.8 Å². The summed E-state index contributed by atoms with van der Waals surface area (Å²) in [6.45, 7) is 10.4. The fraction of sp³-hybridized carbons (Fsp3) is 0.500. The first-order chi connectivity index (χ1) is 9.75. The van der Waals surface area contributed by atoms with Gasteiger partial charge >= 0.3 is 6.03 Å². The van der Waals surface area contributed by atoms with Crippen LogP contribution in [0.4, 0.5) is 10.6 Å². The first kappa shape index (κ1) is 15.5. The van der Waals surface area contributed by atoms with Crippen LogP contribution in [0.5, 0.6) is 0 Å². The molecule has 2 N–H and O–H groups in total. The zero-order chi connectivity index (χ0) is 15.6. The highest BCUT2D eigenvalue weighted by molar-refractivity contribution is 7.11. The third-order valence-electron chi connectivity index (χ3n) is 2.96. The molecule has 7 heteroatoms. The minimum atomic E-state index is -0.325. The van der Waals surface area contributed by atoms with Gasteiger partial charge in [0.1, 0.15) is 10.8 Å². The lowest BCUT2D eigenvalue weighted by Crippen LogP contribution is -2.28. The highest BCUT2D eigenvalue weighted by atomic mass is 32.1. The van der Waals surface area contributed by atoms with Gasteiger partial charge in [-0.05, 0) is 13.8 Å². The molecule has 0 atom stereocenters. The first-order valence-electron chi connectivity index (χ1n) is 6.70. The lowest BCUT2D eigenvalue weighted by Gasteiger charge is -2.12. The average molecular weight is 308 g/mol. The van der Waals surface area contributed by atoms with E-state index in [1.807, 2.05) is 34.6 Å². The predicted octanol–water partition coefficient (Wildman–Crippen LogP) is 3.37. The van der Waals surface area contributed by atoms with Gasteiger partial charge in [0.05, 0.1) is 12.2 Å². The molecule has 0 aliphatic rings. The van der Waals surface area contributed by atoms with Gasteiger partial charge in [-0.15, -0.1) is 11.3 Å². The molecule has 21 heavy (non-hydrogen) atoms. The summed E-state index contributed by atoms with van der Waals surface area (Å²) in [5, 5.41) is 10.1. The monoisotopic (exact) mass is 308 g/mol. The quantitative estimate of drug-likeness (QED) is 0.911. The van der Waals surface area contributed by atoms with Crippen LogP contribution in [0.1, 0.15) is 42.1 Å². The van der Waals surface area contributed by atoms with Crippen molar-refractivity contribution in [2.75, 3.05) is 5.32 Å². The van der Waals surface area contributed by atoms with E-state index in [0.29, 0.717) is 12.4 Å². The Morgan fingerprint density at radius 3 is 2.62 bits per heavy atom. The van der Waals surface area contributed by atoms with E-state index >= 15 is 0 Å². The number of amides is 2. The van der Waals surface area contributed by atoms with E-state index in [2.05, 4.69) is 20.8 Å². The molecule has 0 unspecified atom stereocenters. The second-order valence-corrected chi connectivity index (χ2v) is 7.17. The Morgan fingerprint density at radius 1 is 1.38 bits per heavy atom. The summed E-state index contributed by atoms with van der Waals surface area (Å²) in [7, 11) is 0. The summed E-state index contributed by atoms with van der Waals surface area (Å²) in [6.07, 6.45) is 0. The Balaban J connectivity index is 1.88. The van der Waals surface area contributed by atoms with Gasteiger partial charge in [-0.1, -0.05) is 25.9 Å². The standard InChI is InChI=1S/C14H20N4O2S/c1-8-9(2)21-12(16-8)7-15-13(19)17-11-6-10(20-18-11)14(3,4)5/h6H,7H2,1-5H3,(H2,15,17,18,19). The van der Waals surface area contributed by atoms with Crippen LogP contribution < -0.4 is 10.6 Å². The van der Waals surface area contributed by atoms with Crippen molar-refractivity contribution < 1.29 is 9.32 Å². The summed E-state index contributed by atoms with van der Waals surface area (Å²) >= 11 is 1.58. The summed E-state index contributed by atoms with van der Waals surface area (Å²) < 4.78 is 5.21. The summed E-state index contributed by atoms with van der Waals surface area (Å²) in [4.78, 5) is 17.3. The van der Waals surface area contributed by atoms with E-state index in [0.717, 1.165) is 16.5 Å². The lowest BCUT2D eigenvalue weighted by molar-refractivity contribution is 0.251. The van der Waals surface area contributed by atoms with E-state index in [-0.39, 0.29) is 11.4 Å². The molecular formula is C14H20N4O2S. The van der Waals surface area contributed by atoms with Gasteiger partial charge in [0, 0.05) is 16.4 Å². The molecular weight excluding hydrogens is 288 g/mol. The van der Waals surface area contributed by atoms with Crippen LogP contribution in [0.25, 0.3) is 0 Å². The molecule has 0 radical (unpaired) electrons. The molecule has 0 saturated heterocycles. The van der Waals surface area contributed by atoms with Crippen LogP contribution in [0.3, 0.4) is 0 Å². The Hall–Kier alpha value is -1.89. The first-order valence-corrected chi connectivity index (χ1v) is 7.52. The number of carbonyl (C=O) groups excluding carboxylic acids is 1. The summed E-state index contributed by atoms with van der Waals surface area (Å²) in [5.74, 6) is 1.13. The van der Waals surface area contributed by atoms with E-state index < -0.39 is 0 Å². The van der Waals surface area contributed by atoms with Crippen molar-refractivity contribution in [2.45, 2.75) is 46.6 Å². The van der Waals surface area contributed by atoms with Gasteiger partial charge in [0.15, 0.2) is 5.82 Å². The fourth-order valence-electron chi connectivity index (χ4n) is 1.62. The topological polar surface area (TPSA) is 80.0 Å². The number of carbonyl (C=O) groups is 1. The molecule has 0 spiro atoms. The van der Waals surface area contributed by atoms with Crippen molar-refractivity contribution in [1.29, 1.82) is 0 Å². The van der Waals surface area contributed by atoms with Crippen molar-refractivity contribution >= 4 is 23.2 Å². The molecule has 2 aromatic heterocycles. The highest BCUT2D eigenvalue weighted by Gasteiger charge is 2.20. The van der Waals surface area contributed by atoms with Crippen LogP contribution in [-0.4, -0.2) is 16.2 Å². The van der Waals surface area contributed by atoms with Crippen LogP contribution >= 0.6 is 11.3 Å². The molecule has 0 aliphatic heterocycles. The van der Waals surface area contributed by atoms with Gasteiger partial charge in [-0.2, -0.15) is 0 Å². The maximum Gasteiger partial charge on any atom is 0.320 e. The third-order valence-corrected chi connectivity index (χ3v) is 4.04. The second kappa shape index (κ2) is 5.85. The van der Waals surface area contributed by atoms with Gasteiger partial charge in [0.25, 0.3) is 0 Å². The number of aromatic nitrogens is 2. The fourth-order valence-corrected chi connectivity index (χ4v) is 2.49. The van der Waals surface area contributed by atoms with Crippen molar-refractivity contribution in [1.82, 2.24) is 15.5 Å².